The molecule has 0 saturated heterocycles. The zero-order valence-electron chi connectivity index (χ0n) is 13.2. The van der Waals surface area contributed by atoms with Gasteiger partial charge >= 0.3 is 0 Å². The molecule has 1 aromatic heterocycles. The summed E-state index contributed by atoms with van der Waals surface area (Å²) in [4.78, 5) is 12.3. The van der Waals surface area contributed by atoms with E-state index in [1.807, 2.05) is 6.07 Å². The maximum atomic E-state index is 12.3. The normalized spacial score (nSPS) is 10.3. The SMILES string of the molecule is C=CCc1cc(C(=O)Nc2nnc(SCCC)s2)ccc1OC. The highest BCUT2D eigenvalue weighted by Crippen LogP contribution is 2.26. The van der Waals surface area contributed by atoms with Crippen molar-refractivity contribution in [2.45, 2.75) is 24.1 Å². The van der Waals surface area contributed by atoms with Gasteiger partial charge in [0.1, 0.15) is 5.75 Å². The number of methoxy groups -OCH3 is 1. The topological polar surface area (TPSA) is 64.1 Å². The second kappa shape index (κ2) is 8.69. The third-order valence-electron chi connectivity index (χ3n) is 2.96. The standard InChI is InChI=1S/C16H19N3O2S2/c1-4-6-11-10-12(7-8-13(11)21-3)14(20)17-15-18-19-16(23-15)22-9-5-2/h4,7-8,10H,1,5-6,9H2,2-3H3,(H,17,18,20). The summed E-state index contributed by atoms with van der Waals surface area (Å²) >= 11 is 3.03. The molecule has 1 amide bonds. The molecule has 0 aliphatic rings. The van der Waals surface area contributed by atoms with Gasteiger partial charge in [0.2, 0.25) is 5.13 Å². The van der Waals surface area contributed by atoms with Crippen LogP contribution in [0.15, 0.2) is 35.2 Å². The number of ether oxygens (including phenoxy) is 1. The predicted octanol–water partition coefficient (Wildman–Crippen LogP) is 4.03. The molecule has 122 valence electrons. The molecule has 2 rings (SSSR count). The molecule has 1 heterocycles. The van der Waals surface area contributed by atoms with Crippen molar-refractivity contribution in [1.82, 2.24) is 10.2 Å². The van der Waals surface area contributed by atoms with Crippen molar-refractivity contribution >= 4 is 34.1 Å². The van der Waals surface area contributed by atoms with Crippen molar-refractivity contribution < 1.29 is 9.53 Å². The minimum atomic E-state index is -0.207. The third kappa shape index (κ3) is 4.80. The number of hydrogen-bond acceptors (Lipinski definition) is 6. The number of allylic oxidation sites excluding steroid dienone is 1. The first kappa shape index (κ1) is 17.5. The molecule has 23 heavy (non-hydrogen) atoms. The van der Waals surface area contributed by atoms with Gasteiger partial charge in [0.25, 0.3) is 5.91 Å². The van der Waals surface area contributed by atoms with Gasteiger partial charge in [-0.15, -0.1) is 16.8 Å². The molecule has 0 spiro atoms. The number of nitrogens with zero attached hydrogens (tertiary/aromatic N) is 2. The molecule has 0 atom stereocenters. The van der Waals surface area contributed by atoms with E-state index in [1.54, 1.807) is 37.1 Å². The average Bonchev–Trinajstić information content (AvgIpc) is 3.00. The molecule has 0 unspecified atom stereocenters. The van der Waals surface area contributed by atoms with Gasteiger partial charge in [0.05, 0.1) is 7.11 Å². The van der Waals surface area contributed by atoms with Crippen molar-refractivity contribution in [3.63, 3.8) is 0 Å². The molecule has 0 aliphatic carbocycles. The largest absolute Gasteiger partial charge is 0.496 e. The van der Waals surface area contributed by atoms with Crippen LogP contribution in [0.5, 0.6) is 5.75 Å². The maximum absolute atomic E-state index is 12.3. The minimum absolute atomic E-state index is 0.207. The van der Waals surface area contributed by atoms with Gasteiger partial charge < -0.3 is 4.74 Å². The summed E-state index contributed by atoms with van der Waals surface area (Å²) in [6, 6.07) is 5.33. The van der Waals surface area contributed by atoms with Crippen LogP contribution >= 0.6 is 23.1 Å². The number of amides is 1. The Morgan fingerprint density at radius 1 is 1.48 bits per heavy atom. The second-order valence-electron chi connectivity index (χ2n) is 4.70. The lowest BCUT2D eigenvalue weighted by atomic mass is 10.1. The van der Waals surface area contributed by atoms with Crippen LogP contribution in [0.1, 0.15) is 29.3 Å². The lowest BCUT2D eigenvalue weighted by Crippen LogP contribution is -2.12. The number of anilines is 1. The van der Waals surface area contributed by atoms with E-state index < -0.39 is 0 Å². The number of carbonyl (C=O) groups is 1. The molecule has 1 aromatic carbocycles. The number of nitrogens with one attached hydrogen (secondary N) is 1. The Morgan fingerprint density at radius 2 is 2.30 bits per heavy atom. The summed E-state index contributed by atoms with van der Waals surface area (Å²) < 4.78 is 6.15. The number of benzene rings is 1. The van der Waals surface area contributed by atoms with Crippen LogP contribution in [0.25, 0.3) is 0 Å². The van der Waals surface area contributed by atoms with Crippen LogP contribution in [-0.2, 0) is 6.42 Å². The Morgan fingerprint density at radius 3 is 3.00 bits per heavy atom. The first-order chi connectivity index (χ1) is 11.2. The fraction of sp³-hybridized carbons (Fsp3) is 0.312. The summed E-state index contributed by atoms with van der Waals surface area (Å²) in [5.74, 6) is 1.53. The molecule has 0 bridgehead atoms. The van der Waals surface area contributed by atoms with Crippen molar-refractivity contribution in [2.75, 3.05) is 18.2 Å². The number of carbonyl (C=O) groups excluding carboxylic acids is 1. The average molecular weight is 349 g/mol. The lowest BCUT2D eigenvalue weighted by molar-refractivity contribution is 0.102. The van der Waals surface area contributed by atoms with E-state index in [4.69, 9.17) is 4.74 Å². The van der Waals surface area contributed by atoms with E-state index in [-0.39, 0.29) is 5.91 Å². The van der Waals surface area contributed by atoms with E-state index in [1.165, 1.54) is 11.3 Å². The number of thioether (sulfide) groups is 1. The van der Waals surface area contributed by atoms with Gasteiger partial charge in [0.15, 0.2) is 4.34 Å². The highest BCUT2D eigenvalue weighted by Gasteiger charge is 2.12. The molecule has 1 N–H and O–H groups in total. The summed E-state index contributed by atoms with van der Waals surface area (Å²) in [5, 5.41) is 11.4. The van der Waals surface area contributed by atoms with Crippen LogP contribution in [0.4, 0.5) is 5.13 Å². The Kier molecular flexibility index (Phi) is 6.61. The fourth-order valence-corrected chi connectivity index (χ4v) is 3.58. The first-order valence-corrected chi connectivity index (χ1v) is 9.03. The Balaban J connectivity index is 2.09. The van der Waals surface area contributed by atoms with Crippen LogP contribution in [0, 0.1) is 0 Å². The van der Waals surface area contributed by atoms with Crippen molar-refractivity contribution in [1.29, 1.82) is 0 Å². The molecular formula is C16H19N3O2S2. The van der Waals surface area contributed by atoms with Crippen molar-refractivity contribution in [3.8, 4) is 5.75 Å². The molecule has 2 aromatic rings. The van der Waals surface area contributed by atoms with Crippen LogP contribution in [0.3, 0.4) is 0 Å². The Labute approximate surface area is 144 Å². The van der Waals surface area contributed by atoms with Gasteiger partial charge in [-0.2, -0.15) is 0 Å². The van der Waals surface area contributed by atoms with Gasteiger partial charge in [-0.05, 0) is 36.6 Å². The van der Waals surface area contributed by atoms with E-state index >= 15 is 0 Å². The molecule has 7 heteroatoms. The summed E-state index contributed by atoms with van der Waals surface area (Å²) in [5.41, 5.74) is 1.48. The zero-order chi connectivity index (χ0) is 16.7. The summed E-state index contributed by atoms with van der Waals surface area (Å²) in [6.07, 6.45) is 3.49. The van der Waals surface area contributed by atoms with E-state index in [0.29, 0.717) is 17.1 Å². The summed E-state index contributed by atoms with van der Waals surface area (Å²) in [6.45, 7) is 5.84. The maximum Gasteiger partial charge on any atom is 0.257 e. The molecular weight excluding hydrogens is 330 g/mol. The smallest absolute Gasteiger partial charge is 0.257 e. The van der Waals surface area contributed by atoms with Gasteiger partial charge in [0, 0.05) is 11.3 Å². The number of aromatic nitrogens is 2. The van der Waals surface area contributed by atoms with E-state index in [0.717, 1.165) is 27.8 Å². The fourth-order valence-electron chi connectivity index (χ4n) is 1.91. The third-order valence-corrected chi connectivity index (χ3v) is 5.14. The van der Waals surface area contributed by atoms with E-state index in [9.17, 15) is 4.79 Å². The monoisotopic (exact) mass is 349 g/mol. The van der Waals surface area contributed by atoms with E-state index in [2.05, 4.69) is 29.0 Å². The summed E-state index contributed by atoms with van der Waals surface area (Å²) in [7, 11) is 1.61. The van der Waals surface area contributed by atoms with Gasteiger partial charge in [-0.3, -0.25) is 10.1 Å². The molecule has 0 radical (unpaired) electrons. The lowest BCUT2D eigenvalue weighted by Gasteiger charge is -2.09. The van der Waals surface area contributed by atoms with Crippen LogP contribution < -0.4 is 10.1 Å². The molecule has 0 saturated carbocycles. The van der Waals surface area contributed by atoms with Crippen molar-refractivity contribution in [3.05, 3.63) is 42.0 Å². The van der Waals surface area contributed by atoms with Gasteiger partial charge in [-0.1, -0.05) is 36.1 Å². The van der Waals surface area contributed by atoms with Crippen LogP contribution in [-0.4, -0.2) is 29.0 Å². The first-order valence-electron chi connectivity index (χ1n) is 7.23. The zero-order valence-corrected chi connectivity index (χ0v) is 14.8. The molecule has 5 nitrogen and oxygen atoms in total. The highest BCUT2D eigenvalue weighted by atomic mass is 32.2. The molecule has 0 aliphatic heterocycles. The van der Waals surface area contributed by atoms with Crippen LogP contribution in [0.2, 0.25) is 0 Å². The number of hydrogen-bond donors (Lipinski definition) is 1. The Hall–Kier alpha value is -1.86. The predicted molar refractivity (Wildman–Crippen MR) is 95.8 cm³/mol. The minimum Gasteiger partial charge on any atom is -0.496 e. The Bertz CT molecular complexity index is 686. The molecule has 0 fully saturated rings. The number of rotatable bonds is 8. The second-order valence-corrected chi connectivity index (χ2v) is 7.01. The quantitative estimate of drug-likeness (QED) is 0.443. The highest BCUT2D eigenvalue weighted by molar-refractivity contribution is 8.01. The van der Waals surface area contributed by atoms with Crippen molar-refractivity contribution in [2.24, 2.45) is 0 Å². The van der Waals surface area contributed by atoms with Gasteiger partial charge in [-0.25, -0.2) is 0 Å².